The Morgan fingerprint density at radius 1 is 1.29 bits per heavy atom. The van der Waals surface area contributed by atoms with Gasteiger partial charge in [-0.25, -0.2) is 9.97 Å². The molecule has 0 bridgehead atoms. The maximum atomic E-state index is 12.7. The van der Waals surface area contributed by atoms with E-state index in [0.717, 1.165) is 56.0 Å². The van der Waals surface area contributed by atoms with Crippen LogP contribution in [0.15, 0.2) is 6.20 Å². The Labute approximate surface area is 169 Å². The van der Waals surface area contributed by atoms with Gasteiger partial charge >= 0.3 is 0 Å². The summed E-state index contributed by atoms with van der Waals surface area (Å²) < 4.78 is 5.84. The minimum atomic E-state index is -0.0107. The zero-order valence-electron chi connectivity index (χ0n) is 18.3. The quantitative estimate of drug-likeness (QED) is 0.834. The SMILES string of the molecule is CCC(CC)C(=O)N[C@@H]1CC(C)(C)Cc2nc(N3C[C@@H](C)O[C@H](C)C3)ncc21. The van der Waals surface area contributed by atoms with Crippen molar-refractivity contribution >= 4 is 11.9 Å². The van der Waals surface area contributed by atoms with Crippen LogP contribution < -0.4 is 10.2 Å². The van der Waals surface area contributed by atoms with Gasteiger partial charge in [-0.15, -0.1) is 0 Å². The summed E-state index contributed by atoms with van der Waals surface area (Å²) in [6.07, 6.45) is 5.85. The van der Waals surface area contributed by atoms with E-state index in [9.17, 15) is 4.79 Å². The molecule has 0 saturated carbocycles. The summed E-state index contributed by atoms with van der Waals surface area (Å²) in [5, 5.41) is 3.29. The lowest BCUT2D eigenvalue weighted by molar-refractivity contribution is -0.126. The average Bonchev–Trinajstić information content (AvgIpc) is 2.60. The molecule has 6 heteroatoms. The molecule has 2 aliphatic rings. The largest absolute Gasteiger partial charge is 0.372 e. The highest BCUT2D eigenvalue weighted by Gasteiger charge is 2.36. The van der Waals surface area contributed by atoms with Crippen LogP contribution in [0.5, 0.6) is 0 Å². The molecular formula is C22H36N4O2. The molecule has 156 valence electrons. The summed E-state index contributed by atoms with van der Waals surface area (Å²) in [4.78, 5) is 24.6. The van der Waals surface area contributed by atoms with Crippen LogP contribution in [-0.2, 0) is 16.0 Å². The molecule has 28 heavy (non-hydrogen) atoms. The number of ether oxygens (including phenoxy) is 1. The molecule has 0 unspecified atom stereocenters. The number of aromatic nitrogens is 2. The fourth-order valence-electron chi connectivity index (χ4n) is 4.61. The van der Waals surface area contributed by atoms with Gasteiger partial charge in [-0.05, 0) is 44.9 Å². The van der Waals surface area contributed by atoms with E-state index in [1.807, 2.05) is 6.20 Å². The van der Waals surface area contributed by atoms with Gasteiger partial charge in [-0.3, -0.25) is 4.79 Å². The van der Waals surface area contributed by atoms with Gasteiger partial charge < -0.3 is 15.0 Å². The summed E-state index contributed by atoms with van der Waals surface area (Å²) in [7, 11) is 0. The van der Waals surface area contributed by atoms with Crippen molar-refractivity contribution in [2.45, 2.75) is 85.5 Å². The summed E-state index contributed by atoms with van der Waals surface area (Å²) in [6.45, 7) is 14.5. The fraction of sp³-hybridized carbons (Fsp3) is 0.773. The van der Waals surface area contributed by atoms with Crippen molar-refractivity contribution in [1.29, 1.82) is 0 Å². The summed E-state index contributed by atoms with van der Waals surface area (Å²) in [5.41, 5.74) is 2.25. The number of hydrogen-bond donors (Lipinski definition) is 1. The molecule has 1 fully saturated rings. The summed E-state index contributed by atoms with van der Waals surface area (Å²) >= 11 is 0. The van der Waals surface area contributed by atoms with Crippen molar-refractivity contribution in [3.8, 4) is 0 Å². The smallest absolute Gasteiger partial charge is 0.225 e. The second-order valence-corrected chi connectivity index (χ2v) is 9.35. The average molecular weight is 389 g/mol. The minimum absolute atomic E-state index is 0.0107. The molecule has 3 rings (SSSR count). The van der Waals surface area contributed by atoms with E-state index in [1.165, 1.54) is 0 Å². The normalized spacial score (nSPS) is 26.8. The predicted octanol–water partition coefficient (Wildman–Crippen LogP) is 3.66. The van der Waals surface area contributed by atoms with Gasteiger partial charge in [0, 0.05) is 30.8 Å². The summed E-state index contributed by atoms with van der Waals surface area (Å²) in [6, 6.07) is -0.0107. The number of hydrogen-bond acceptors (Lipinski definition) is 5. The molecule has 1 aliphatic heterocycles. The molecule has 0 aromatic carbocycles. The maximum Gasteiger partial charge on any atom is 0.225 e. The molecule has 1 aliphatic carbocycles. The van der Waals surface area contributed by atoms with E-state index < -0.39 is 0 Å². The number of amides is 1. The van der Waals surface area contributed by atoms with Crippen LogP contribution in [0.1, 0.15) is 78.1 Å². The number of nitrogens with zero attached hydrogens (tertiary/aromatic N) is 3. The molecule has 1 saturated heterocycles. The second kappa shape index (κ2) is 8.36. The minimum Gasteiger partial charge on any atom is -0.372 e. The first-order valence-corrected chi connectivity index (χ1v) is 10.8. The van der Waals surface area contributed by atoms with Crippen LogP contribution in [0.4, 0.5) is 5.95 Å². The Balaban J connectivity index is 1.85. The highest BCUT2D eigenvalue weighted by molar-refractivity contribution is 5.79. The third kappa shape index (κ3) is 4.65. The Morgan fingerprint density at radius 2 is 1.93 bits per heavy atom. The Hall–Kier alpha value is -1.69. The van der Waals surface area contributed by atoms with Gasteiger partial charge in [0.1, 0.15) is 0 Å². The van der Waals surface area contributed by atoms with Crippen molar-refractivity contribution in [3.63, 3.8) is 0 Å². The molecule has 0 radical (unpaired) electrons. The van der Waals surface area contributed by atoms with E-state index in [-0.39, 0.29) is 35.5 Å². The molecule has 0 spiro atoms. The van der Waals surface area contributed by atoms with Gasteiger partial charge in [0.15, 0.2) is 0 Å². The zero-order chi connectivity index (χ0) is 20.5. The number of fused-ring (bicyclic) bond motifs is 1. The molecule has 1 aromatic heterocycles. The van der Waals surface area contributed by atoms with Crippen LogP contribution in [0.3, 0.4) is 0 Å². The number of morpholine rings is 1. The number of nitrogens with one attached hydrogen (secondary N) is 1. The molecule has 1 aromatic rings. The second-order valence-electron chi connectivity index (χ2n) is 9.35. The van der Waals surface area contributed by atoms with E-state index in [0.29, 0.717) is 0 Å². The topological polar surface area (TPSA) is 67.4 Å². The standard InChI is InChI=1S/C22H36N4O2/c1-7-16(8-2)20(27)24-18-9-22(5,6)10-19-17(18)11-23-21(25-19)26-12-14(3)28-15(4)13-26/h11,14-16,18H,7-10,12-13H2,1-6H3,(H,24,27)/t14-,15-,18-/m1/s1. The van der Waals surface area contributed by atoms with E-state index in [1.54, 1.807) is 0 Å². The molecule has 6 nitrogen and oxygen atoms in total. The Bertz CT molecular complexity index is 692. The first-order chi connectivity index (χ1) is 13.2. The third-order valence-corrected chi connectivity index (χ3v) is 6.04. The Kier molecular flexibility index (Phi) is 6.28. The van der Waals surface area contributed by atoms with Crippen LogP contribution >= 0.6 is 0 Å². The number of carbonyl (C=O) groups excluding carboxylic acids is 1. The Morgan fingerprint density at radius 3 is 2.54 bits per heavy atom. The highest BCUT2D eigenvalue weighted by Crippen LogP contribution is 2.40. The number of anilines is 1. The van der Waals surface area contributed by atoms with E-state index >= 15 is 0 Å². The third-order valence-electron chi connectivity index (χ3n) is 6.04. The van der Waals surface area contributed by atoms with E-state index in [4.69, 9.17) is 9.72 Å². The van der Waals surface area contributed by atoms with Crippen LogP contribution in [0, 0.1) is 11.3 Å². The zero-order valence-corrected chi connectivity index (χ0v) is 18.3. The van der Waals surface area contributed by atoms with Crippen LogP contribution in [-0.4, -0.2) is 41.2 Å². The lowest BCUT2D eigenvalue weighted by Gasteiger charge is -2.39. The fourth-order valence-corrected chi connectivity index (χ4v) is 4.61. The van der Waals surface area contributed by atoms with Gasteiger partial charge in [0.2, 0.25) is 11.9 Å². The first kappa shape index (κ1) is 21.0. The van der Waals surface area contributed by atoms with Gasteiger partial charge in [0.05, 0.1) is 23.9 Å². The molecule has 2 heterocycles. The lowest BCUT2D eigenvalue weighted by atomic mass is 9.74. The monoisotopic (exact) mass is 388 g/mol. The van der Waals surface area contributed by atoms with Gasteiger partial charge in [0.25, 0.3) is 0 Å². The highest BCUT2D eigenvalue weighted by atomic mass is 16.5. The van der Waals surface area contributed by atoms with Crippen molar-refractivity contribution in [2.24, 2.45) is 11.3 Å². The molecule has 1 amide bonds. The van der Waals surface area contributed by atoms with Crippen molar-refractivity contribution < 1.29 is 9.53 Å². The van der Waals surface area contributed by atoms with Crippen LogP contribution in [0.25, 0.3) is 0 Å². The van der Waals surface area contributed by atoms with Crippen molar-refractivity contribution in [1.82, 2.24) is 15.3 Å². The van der Waals surface area contributed by atoms with E-state index in [2.05, 4.69) is 56.7 Å². The van der Waals surface area contributed by atoms with Crippen molar-refractivity contribution in [2.75, 3.05) is 18.0 Å². The summed E-state index contributed by atoms with van der Waals surface area (Å²) in [5.74, 6) is 1.01. The number of carbonyl (C=O) groups is 1. The lowest BCUT2D eigenvalue weighted by Crippen LogP contribution is -2.46. The molecular weight excluding hydrogens is 352 g/mol. The first-order valence-electron chi connectivity index (χ1n) is 10.8. The number of rotatable bonds is 5. The van der Waals surface area contributed by atoms with Gasteiger partial charge in [-0.2, -0.15) is 0 Å². The van der Waals surface area contributed by atoms with Crippen LogP contribution in [0.2, 0.25) is 0 Å². The maximum absolute atomic E-state index is 12.7. The molecule has 1 N–H and O–H groups in total. The van der Waals surface area contributed by atoms with Crippen molar-refractivity contribution in [3.05, 3.63) is 17.5 Å². The molecule has 3 atom stereocenters. The predicted molar refractivity (Wildman–Crippen MR) is 111 cm³/mol. The van der Waals surface area contributed by atoms with Gasteiger partial charge in [-0.1, -0.05) is 27.7 Å².